The van der Waals surface area contributed by atoms with Gasteiger partial charge in [0.15, 0.2) is 0 Å². The normalized spacial score (nSPS) is 12.7. The molecule has 0 bridgehead atoms. The molecule has 0 saturated heterocycles. The zero-order chi connectivity index (χ0) is 64.9. The first-order valence-corrected chi connectivity index (χ1v) is 40.9. The van der Waals surface area contributed by atoms with Crippen LogP contribution in [0.2, 0.25) is 0 Å². The summed E-state index contributed by atoms with van der Waals surface area (Å²) in [5.74, 6) is -0.0496. The van der Waals surface area contributed by atoms with Gasteiger partial charge in [0, 0.05) is 12.8 Å². The highest BCUT2D eigenvalue weighted by atomic mass is 16.5. The molecule has 90 heavy (non-hydrogen) atoms. The molecule has 6 nitrogen and oxygen atoms in total. The Labute approximate surface area is 563 Å². The molecule has 530 valence electrons. The molecule has 0 spiro atoms. The number of carbonyl (C=O) groups excluding carboxylic acids is 2. The van der Waals surface area contributed by atoms with Gasteiger partial charge >= 0.3 is 5.97 Å². The van der Waals surface area contributed by atoms with Crippen LogP contribution in [0.25, 0.3) is 0 Å². The van der Waals surface area contributed by atoms with E-state index in [2.05, 4.69) is 55.6 Å². The SMILES string of the molecule is CCCCCC/C=C\C/C=C\CCCCCCCCCC(=O)OCCCCCCCCCCCCCC/C=C\CCCCCCCCCCCCCCCCCCC(=O)NC(CO)C(O)/C=C/CCCCCCCCCCCCCCCCCCCCCCC. The summed E-state index contributed by atoms with van der Waals surface area (Å²) in [6.45, 7) is 4.93. The predicted octanol–water partition coefficient (Wildman–Crippen LogP) is 27.2. The van der Waals surface area contributed by atoms with E-state index in [4.69, 9.17) is 4.74 Å². The lowest BCUT2D eigenvalue weighted by Gasteiger charge is -2.20. The molecule has 0 aliphatic carbocycles. The molecule has 0 aromatic carbocycles. The van der Waals surface area contributed by atoms with E-state index in [-0.39, 0.29) is 18.5 Å². The van der Waals surface area contributed by atoms with Crippen LogP contribution in [0, 0.1) is 0 Å². The van der Waals surface area contributed by atoms with Gasteiger partial charge in [-0.15, -0.1) is 0 Å². The largest absolute Gasteiger partial charge is 0.466 e. The van der Waals surface area contributed by atoms with Crippen molar-refractivity contribution in [1.82, 2.24) is 5.32 Å². The Hall–Kier alpha value is -2.18. The molecule has 0 aromatic rings. The Morgan fingerprint density at radius 2 is 0.556 bits per heavy atom. The maximum absolute atomic E-state index is 12.6. The number of esters is 1. The highest BCUT2D eigenvalue weighted by Gasteiger charge is 2.18. The molecule has 0 radical (unpaired) electrons. The number of hydrogen-bond acceptors (Lipinski definition) is 5. The van der Waals surface area contributed by atoms with Gasteiger partial charge in [0.05, 0.1) is 25.4 Å². The third-order valence-corrected chi connectivity index (χ3v) is 19.1. The average Bonchev–Trinajstić information content (AvgIpc) is 3.60. The van der Waals surface area contributed by atoms with Gasteiger partial charge in [-0.25, -0.2) is 0 Å². The molecule has 0 fully saturated rings. The molecule has 0 aliphatic heterocycles. The molecule has 0 aromatic heterocycles. The zero-order valence-corrected chi connectivity index (χ0v) is 60.9. The van der Waals surface area contributed by atoms with Gasteiger partial charge in [0.2, 0.25) is 5.91 Å². The Morgan fingerprint density at radius 1 is 0.311 bits per heavy atom. The number of carbonyl (C=O) groups is 2. The Kier molecular flexibility index (Phi) is 77.3. The standard InChI is InChI=1S/C84H159NO5/c1-3-5-7-9-11-13-15-17-19-21-23-24-35-38-41-44-48-52-56-60-64-68-72-76-82(87)81(80-86)85-83(88)77-73-69-65-61-57-53-49-45-42-39-36-33-31-29-27-25-26-28-30-32-34-37-40-43-47-51-55-59-63-67-71-75-79-90-84(89)78-74-70-66-62-58-54-50-46-22-20-18-16-14-12-10-8-6-4-2/h14,16,20,22,28,30,72,76,81-82,86-87H,3-13,15,17-19,21,23-27,29,31-71,73-75,77-80H2,1-2H3,(H,85,88)/b16-14-,22-20-,30-28-,76-72+. The number of aliphatic hydroxyl groups is 2. The molecule has 0 saturated carbocycles. The molecule has 3 N–H and O–H groups in total. The summed E-state index contributed by atoms with van der Waals surface area (Å²) in [6, 6.07) is -0.628. The molecule has 0 rings (SSSR count). The summed E-state index contributed by atoms with van der Waals surface area (Å²) >= 11 is 0. The fourth-order valence-corrected chi connectivity index (χ4v) is 12.8. The van der Waals surface area contributed by atoms with Crippen LogP contribution in [0.4, 0.5) is 0 Å². The van der Waals surface area contributed by atoms with E-state index in [0.29, 0.717) is 19.4 Å². The molecule has 2 atom stereocenters. The number of amides is 1. The average molecular weight is 1260 g/mol. The number of ether oxygens (including phenoxy) is 1. The minimum atomic E-state index is -0.845. The third kappa shape index (κ3) is 74.9. The van der Waals surface area contributed by atoms with E-state index in [1.165, 1.54) is 372 Å². The van der Waals surface area contributed by atoms with Crippen molar-refractivity contribution in [2.75, 3.05) is 13.2 Å². The smallest absolute Gasteiger partial charge is 0.305 e. The first-order chi connectivity index (χ1) is 44.5. The molecule has 6 heteroatoms. The minimum Gasteiger partial charge on any atom is -0.466 e. The van der Waals surface area contributed by atoms with Crippen LogP contribution < -0.4 is 5.32 Å². The second-order valence-corrected chi connectivity index (χ2v) is 28.1. The summed E-state index contributed by atoms with van der Waals surface area (Å²) in [4.78, 5) is 24.7. The van der Waals surface area contributed by atoms with Gasteiger partial charge < -0.3 is 20.3 Å². The molecule has 0 aliphatic rings. The molecule has 0 heterocycles. The molecular formula is C84H159NO5. The third-order valence-electron chi connectivity index (χ3n) is 19.1. The maximum Gasteiger partial charge on any atom is 0.305 e. The molecular weight excluding hydrogens is 1100 g/mol. The number of rotatable bonds is 77. The van der Waals surface area contributed by atoms with Gasteiger partial charge in [0.1, 0.15) is 0 Å². The summed E-state index contributed by atoms with van der Waals surface area (Å²) in [5.41, 5.74) is 0. The first kappa shape index (κ1) is 87.8. The van der Waals surface area contributed by atoms with Gasteiger partial charge in [-0.3, -0.25) is 9.59 Å². The predicted molar refractivity (Wildman–Crippen MR) is 398 cm³/mol. The Balaban J connectivity index is 3.38. The summed E-state index contributed by atoms with van der Waals surface area (Å²) < 4.78 is 5.51. The number of aliphatic hydroxyl groups excluding tert-OH is 2. The Morgan fingerprint density at radius 3 is 0.867 bits per heavy atom. The maximum atomic E-state index is 12.6. The number of unbranched alkanes of at least 4 members (excludes halogenated alkanes) is 60. The van der Waals surface area contributed by atoms with E-state index in [1.807, 2.05) is 6.08 Å². The van der Waals surface area contributed by atoms with E-state index >= 15 is 0 Å². The van der Waals surface area contributed by atoms with Gasteiger partial charge in [-0.1, -0.05) is 396 Å². The summed E-state index contributed by atoms with van der Waals surface area (Å²) in [7, 11) is 0. The van der Waals surface area contributed by atoms with E-state index < -0.39 is 12.1 Å². The van der Waals surface area contributed by atoms with E-state index in [1.54, 1.807) is 6.08 Å². The first-order valence-electron chi connectivity index (χ1n) is 40.9. The quantitative estimate of drug-likeness (QED) is 0.0320. The lowest BCUT2D eigenvalue weighted by molar-refractivity contribution is -0.143. The van der Waals surface area contributed by atoms with Crippen LogP contribution in [0.15, 0.2) is 48.6 Å². The summed E-state index contributed by atoms with van der Waals surface area (Å²) in [5, 5.41) is 23.3. The van der Waals surface area contributed by atoms with Crippen molar-refractivity contribution >= 4 is 11.9 Å². The van der Waals surface area contributed by atoms with Crippen molar-refractivity contribution in [3.63, 3.8) is 0 Å². The van der Waals surface area contributed by atoms with Crippen LogP contribution in [0.3, 0.4) is 0 Å². The van der Waals surface area contributed by atoms with Crippen LogP contribution >= 0.6 is 0 Å². The highest BCUT2D eigenvalue weighted by Crippen LogP contribution is 2.20. The van der Waals surface area contributed by atoms with Gasteiger partial charge in [-0.2, -0.15) is 0 Å². The van der Waals surface area contributed by atoms with Crippen molar-refractivity contribution in [2.24, 2.45) is 0 Å². The molecule has 1 amide bonds. The van der Waals surface area contributed by atoms with Gasteiger partial charge in [-0.05, 0) is 89.9 Å². The van der Waals surface area contributed by atoms with E-state index in [9.17, 15) is 19.8 Å². The topological polar surface area (TPSA) is 95.9 Å². The van der Waals surface area contributed by atoms with Crippen LogP contribution in [0.5, 0.6) is 0 Å². The second-order valence-electron chi connectivity index (χ2n) is 28.1. The van der Waals surface area contributed by atoms with Crippen molar-refractivity contribution in [2.45, 2.75) is 463 Å². The fraction of sp³-hybridized carbons (Fsp3) is 0.881. The zero-order valence-electron chi connectivity index (χ0n) is 60.9. The number of allylic oxidation sites excluding steroid dienone is 7. The fourth-order valence-electron chi connectivity index (χ4n) is 12.8. The van der Waals surface area contributed by atoms with Crippen molar-refractivity contribution in [1.29, 1.82) is 0 Å². The van der Waals surface area contributed by atoms with Crippen molar-refractivity contribution in [3.8, 4) is 0 Å². The van der Waals surface area contributed by atoms with Crippen molar-refractivity contribution < 1.29 is 24.5 Å². The van der Waals surface area contributed by atoms with Crippen LogP contribution in [-0.4, -0.2) is 47.4 Å². The Bertz CT molecular complexity index is 1500. The highest BCUT2D eigenvalue weighted by molar-refractivity contribution is 5.76. The van der Waals surface area contributed by atoms with Crippen LogP contribution in [0.1, 0.15) is 450 Å². The van der Waals surface area contributed by atoms with Crippen molar-refractivity contribution in [3.05, 3.63) is 48.6 Å². The lowest BCUT2D eigenvalue weighted by Crippen LogP contribution is -2.45. The second kappa shape index (κ2) is 79.3. The van der Waals surface area contributed by atoms with Gasteiger partial charge in [0.25, 0.3) is 0 Å². The number of hydrogen-bond donors (Lipinski definition) is 3. The van der Waals surface area contributed by atoms with E-state index in [0.717, 1.165) is 51.4 Å². The number of nitrogens with one attached hydrogen (secondary N) is 1. The lowest BCUT2D eigenvalue weighted by atomic mass is 10.0. The van der Waals surface area contributed by atoms with Crippen LogP contribution in [-0.2, 0) is 14.3 Å². The minimum absolute atomic E-state index is 0.0112. The molecule has 2 unspecified atom stereocenters. The monoisotopic (exact) mass is 1260 g/mol. The summed E-state index contributed by atoms with van der Waals surface area (Å²) in [6.07, 6.45) is 105.